The zero-order chi connectivity index (χ0) is 11.4. The van der Waals surface area contributed by atoms with Crippen LogP contribution in [0.25, 0.3) is 0 Å². The summed E-state index contributed by atoms with van der Waals surface area (Å²) in [5.74, 6) is 0. The molecule has 1 aromatic heterocycles. The van der Waals surface area contributed by atoms with E-state index < -0.39 is 0 Å². The molecule has 0 saturated carbocycles. The molecule has 0 aliphatic carbocycles. The second kappa shape index (κ2) is 4.77. The van der Waals surface area contributed by atoms with Crippen molar-refractivity contribution in [2.24, 2.45) is 5.73 Å². The Morgan fingerprint density at radius 3 is 2.31 bits per heavy atom. The summed E-state index contributed by atoms with van der Waals surface area (Å²) in [5.41, 5.74) is 7.18. The highest BCUT2D eigenvalue weighted by Crippen LogP contribution is 2.11. The maximum absolute atomic E-state index is 10.9. The Kier molecular flexibility index (Phi) is 3.17. The highest BCUT2D eigenvalue weighted by molar-refractivity contribution is 5.18. The van der Waals surface area contributed by atoms with Crippen LogP contribution in [0.15, 0.2) is 59.7 Å². The molecule has 1 unspecified atom stereocenters. The van der Waals surface area contributed by atoms with E-state index in [9.17, 15) is 4.79 Å². The Morgan fingerprint density at radius 1 is 1.06 bits per heavy atom. The molecule has 16 heavy (non-hydrogen) atoms. The molecule has 0 fully saturated rings. The lowest BCUT2D eigenvalue weighted by Crippen LogP contribution is -2.18. The second-order valence-electron chi connectivity index (χ2n) is 3.75. The molecule has 2 rings (SSSR count). The smallest absolute Gasteiger partial charge is 0.181 e. The number of hydrogen-bond acceptors (Lipinski definition) is 2. The topological polar surface area (TPSA) is 48.0 Å². The Hall–Kier alpha value is -1.87. The first kappa shape index (κ1) is 10.6. The van der Waals surface area contributed by atoms with Crippen molar-refractivity contribution in [1.82, 2.24) is 4.57 Å². The van der Waals surface area contributed by atoms with Gasteiger partial charge in [-0.2, -0.15) is 0 Å². The molecule has 0 amide bonds. The minimum absolute atomic E-state index is 0.0181. The van der Waals surface area contributed by atoms with Gasteiger partial charge in [0.1, 0.15) is 0 Å². The third kappa shape index (κ3) is 2.58. The van der Waals surface area contributed by atoms with Crippen LogP contribution in [0.4, 0.5) is 0 Å². The van der Waals surface area contributed by atoms with Gasteiger partial charge in [-0.1, -0.05) is 30.3 Å². The van der Waals surface area contributed by atoms with Crippen molar-refractivity contribution in [2.45, 2.75) is 12.6 Å². The fourth-order valence-corrected chi connectivity index (χ4v) is 1.60. The van der Waals surface area contributed by atoms with E-state index in [0.717, 1.165) is 5.56 Å². The lowest BCUT2D eigenvalue weighted by Gasteiger charge is -2.13. The summed E-state index contributed by atoms with van der Waals surface area (Å²) in [6.07, 6.45) is 3.51. The summed E-state index contributed by atoms with van der Waals surface area (Å²) in [6.45, 7) is 0.671. The first-order valence-electron chi connectivity index (χ1n) is 5.22. The first-order chi connectivity index (χ1) is 7.75. The van der Waals surface area contributed by atoms with Crippen molar-refractivity contribution >= 4 is 0 Å². The summed E-state index contributed by atoms with van der Waals surface area (Å²) in [7, 11) is 0. The van der Waals surface area contributed by atoms with Crippen LogP contribution < -0.4 is 11.2 Å². The molecule has 0 radical (unpaired) electrons. The van der Waals surface area contributed by atoms with Crippen LogP contribution in [-0.2, 0) is 6.54 Å². The SMILES string of the molecule is NC(Cn1ccc(=O)cc1)c1ccccc1. The van der Waals surface area contributed by atoms with Crippen LogP contribution in [0.5, 0.6) is 0 Å². The average Bonchev–Trinajstić information content (AvgIpc) is 2.33. The summed E-state index contributed by atoms with van der Waals surface area (Å²) < 4.78 is 1.92. The molecular formula is C13H14N2O. The van der Waals surface area contributed by atoms with Crippen molar-refractivity contribution in [3.8, 4) is 0 Å². The number of nitrogens with two attached hydrogens (primary N) is 1. The maximum atomic E-state index is 10.9. The number of nitrogens with zero attached hydrogens (tertiary/aromatic N) is 1. The highest BCUT2D eigenvalue weighted by atomic mass is 16.1. The zero-order valence-corrected chi connectivity index (χ0v) is 8.91. The number of benzene rings is 1. The standard InChI is InChI=1S/C13H14N2O/c14-13(11-4-2-1-3-5-11)10-15-8-6-12(16)7-9-15/h1-9,13H,10,14H2. The number of rotatable bonds is 3. The van der Waals surface area contributed by atoms with Gasteiger partial charge in [0.25, 0.3) is 0 Å². The van der Waals surface area contributed by atoms with Gasteiger partial charge < -0.3 is 10.3 Å². The minimum Gasteiger partial charge on any atom is -0.352 e. The van der Waals surface area contributed by atoms with Crippen molar-refractivity contribution < 1.29 is 0 Å². The lowest BCUT2D eigenvalue weighted by atomic mass is 10.1. The molecule has 1 aromatic carbocycles. The van der Waals surface area contributed by atoms with Crippen LogP contribution in [0, 0.1) is 0 Å². The predicted octanol–water partition coefficient (Wildman–Crippen LogP) is 1.55. The molecule has 82 valence electrons. The van der Waals surface area contributed by atoms with Crippen molar-refractivity contribution in [3.63, 3.8) is 0 Å². The van der Waals surface area contributed by atoms with Crippen molar-refractivity contribution in [1.29, 1.82) is 0 Å². The van der Waals surface area contributed by atoms with Crippen molar-refractivity contribution in [2.75, 3.05) is 0 Å². The van der Waals surface area contributed by atoms with Crippen molar-refractivity contribution in [3.05, 3.63) is 70.6 Å². The number of hydrogen-bond donors (Lipinski definition) is 1. The van der Waals surface area contributed by atoms with E-state index in [-0.39, 0.29) is 11.5 Å². The molecule has 0 bridgehead atoms. The quantitative estimate of drug-likeness (QED) is 0.842. The molecule has 1 atom stereocenters. The predicted molar refractivity (Wildman–Crippen MR) is 64.1 cm³/mol. The van der Waals surface area contributed by atoms with Crippen LogP contribution >= 0.6 is 0 Å². The van der Waals surface area contributed by atoms with E-state index in [1.807, 2.05) is 34.9 Å². The normalized spacial score (nSPS) is 12.3. The largest absolute Gasteiger partial charge is 0.352 e. The minimum atomic E-state index is -0.0521. The van der Waals surface area contributed by atoms with Gasteiger partial charge in [0.2, 0.25) is 0 Å². The molecule has 3 heteroatoms. The van der Waals surface area contributed by atoms with E-state index in [0.29, 0.717) is 6.54 Å². The summed E-state index contributed by atoms with van der Waals surface area (Å²) >= 11 is 0. The van der Waals surface area contributed by atoms with E-state index in [1.165, 1.54) is 12.1 Å². The van der Waals surface area contributed by atoms with Gasteiger partial charge >= 0.3 is 0 Å². The lowest BCUT2D eigenvalue weighted by molar-refractivity contribution is 0.574. The van der Waals surface area contributed by atoms with Gasteiger partial charge in [-0.3, -0.25) is 4.79 Å². The van der Waals surface area contributed by atoms with E-state index in [2.05, 4.69) is 0 Å². The van der Waals surface area contributed by atoms with Crippen LogP contribution in [-0.4, -0.2) is 4.57 Å². The van der Waals surface area contributed by atoms with Gasteiger partial charge in [0.15, 0.2) is 5.43 Å². The number of pyridine rings is 1. The van der Waals surface area contributed by atoms with Crippen LogP contribution in [0.1, 0.15) is 11.6 Å². The van der Waals surface area contributed by atoms with Gasteiger partial charge in [0, 0.05) is 37.1 Å². The van der Waals surface area contributed by atoms with E-state index >= 15 is 0 Å². The molecule has 2 N–H and O–H groups in total. The van der Waals surface area contributed by atoms with Gasteiger partial charge in [-0.25, -0.2) is 0 Å². The summed E-state index contributed by atoms with van der Waals surface area (Å²) in [5, 5.41) is 0. The Balaban J connectivity index is 2.11. The molecule has 0 saturated heterocycles. The monoisotopic (exact) mass is 214 g/mol. The fourth-order valence-electron chi connectivity index (χ4n) is 1.60. The Morgan fingerprint density at radius 2 is 1.69 bits per heavy atom. The molecule has 1 heterocycles. The molecular weight excluding hydrogens is 200 g/mol. The van der Waals surface area contributed by atoms with Gasteiger partial charge in [-0.15, -0.1) is 0 Å². The molecule has 0 spiro atoms. The molecule has 0 aliphatic heterocycles. The Labute approximate surface area is 94.1 Å². The summed E-state index contributed by atoms with van der Waals surface area (Å²) in [6, 6.07) is 13.0. The average molecular weight is 214 g/mol. The van der Waals surface area contributed by atoms with E-state index in [1.54, 1.807) is 12.4 Å². The Bertz CT molecular complexity index is 484. The van der Waals surface area contributed by atoms with Crippen LogP contribution in [0.2, 0.25) is 0 Å². The molecule has 3 nitrogen and oxygen atoms in total. The van der Waals surface area contributed by atoms with Gasteiger partial charge in [-0.05, 0) is 5.56 Å². The second-order valence-corrected chi connectivity index (χ2v) is 3.75. The van der Waals surface area contributed by atoms with Gasteiger partial charge in [0.05, 0.1) is 0 Å². The first-order valence-corrected chi connectivity index (χ1v) is 5.22. The number of aromatic nitrogens is 1. The third-order valence-corrected chi connectivity index (χ3v) is 2.50. The molecule has 0 aliphatic rings. The fraction of sp³-hybridized carbons (Fsp3) is 0.154. The highest BCUT2D eigenvalue weighted by Gasteiger charge is 2.04. The maximum Gasteiger partial charge on any atom is 0.181 e. The molecule has 2 aromatic rings. The summed E-state index contributed by atoms with van der Waals surface area (Å²) in [4.78, 5) is 10.9. The zero-order valence-electron chi connectivity index (χ0n) is 8.91. The third-order valence-electron chi connectivity index (χ3n) is 2.50. The van der Waals surface area contributed by atoms with Crippen LogP contribution in [0.3, 0.4) is 0 Å². The van der Waals surface area contributed by atoms with E-state index in [4.69, 9.17) is 5.73 Å².